The first-order chi connectivity index (χ1) is 9.78. The van der Waals surface area contributed by atoms with Crippen molar-refractivity contribution in [2.24, 2.45) is 0 Å². The molecule has 1 aromatic carbocycles. The van der Waals surface area contributed by atoms with Crippen molar-refractivity contribution >= 4 is 22.6 Å². The van der Waals surface area contributed by atoms with Crippen LogP contribution in [0.4, 0.5) is 0 Å². The average molecular weight is 287 g/mol. The molecule has 0 aliphatic carbocycles. The molecule has 0 amide bonds. The van der Waals surface area contributed by atoms with Crippen LogP contribution < -0.4 is 0 Å². The first kappa shape index (κ1) is 13.1. The topological polar surface area (TPSA) is 43.6 Å². The standard InChI is InChI=1S/C15H15ClN4/c1-11-2-3-13-14(8-11)20(15(19-13)4-6-16)9-12-5-7-17-10-18-12/h2-3,5,7-8,10H,4,6,9H2,1H3. The molecule has 0 aliphatic heterocycles. The van der Waals surface area contributed by atoms with Crippen LogP contribution in [0.15, 0.2) is 36.8 Å². The van der Waals surface area contributed by atoms with Gasteiger partial charge in [0.25, 0.3) is 0 Å². The molecule has 4 nitrogen and oxygen atoms in total. The Labute approximate surface area is 122 Å². The summed E-state index contributed by atoms with van der Waals surface area (Å²) in [7, 11) is 0. The van der Waals surface area contributed by atoms with Crippen LogP contribution in [0.1, 0.15) is 17.1 Å². The predicted molar refractivity (Wildman–Crippen MR) is 80.0 cm³/mol. The van der Waals surface area contributed by atoms with Crippen molar-refractivity contribution in [2.45, 2.75) is 19.9 Å². The first-order valence-electron chi connectivity index (χ1n) is 6.54. The summed E-state index contributed by atoms with van der Waals surface area (Å²) >= 11 is 5.89. The van der Waals surface area contributed by atoms with Crippen LogP contribution in [0.25, 0.3) is 11.0 Å². The predicted octanol–water partition coefficient (Wildman–Crippen LogP) is 2.96. The molecule has 0 atom stereocenters. The molecule has 5 heteroatoms. The Morgan fingerprint density at radius 2 is 2.15 bits per heavy atom. The molecule has 0 bridgehead atoms. The highest BCUT2D eigenvalue weighted by Crippen LogP contribution is 2.19. The number of hydrogen-bond donors (Lipinski definition) is 0. The molecule has 0 unspecified atom stereocenters. The average Bonchev–Trinajstić information content (AvgIpc) is 2.78. The number of aryl methyl sites for hydroxylation is 2. The Balaban J connectivity index is 2.10. The van der Waals surface area contributed by atoms with Crippen LogP contribution in [0.2, 0.25) is 0 Å². The summed E-state index contributed by atoms with van der Waals surface area (Å²) in [6.07, 6.45) is 4.08. The number of halogens is 1. The largest absolute Gasteiger partial charge is 0.322 e. The van der Waals surface area contributed by atoms with E-state index in [0.29, 0.717) is 12.4 Å². The number of aromatic nitrogens is 4. The Morgan fingerprint density at radius 1 is 1.25 bits per heavy atom. The number of benzene rings is 1. The fourth-order valence-electron chi connectivity index (χ4n) is 2.31. The van der Waals surface area contributed by atoms with Crippen LogP contribution in [-0.2, 0) is 13.0 Å². The zero-order valence-corrected chi connectivity index (χ0v) is 12.0. The van der Waals surface area contributed by atoms with E-state index in [-0.39, 0.29) is 0 Å². The van der Waals surface area contributed by atoms with Crippen molar-refractivity contribution in [1.29, 1.82) is 0 Å². The van der Waals surface area contributed by atoms with Gasteiger partial charge >= 0.3 is 0 Å². The maximum Gasteiger partial charge on any atom is 0.115 e. The summed E-state index contributed by atoms with van der Waals surface area (Å²) in [4.78, 5) is 12.9. The van der Waals surface area contributed by atoms with Crippen molar-refractivity contribution in [2.75, 3.05) is 5.88 Å². The smallest absolute Gasteiger partial charge is 0.115 e. The highest BCUT2D eigenvalue weighted by Gasteiger charge is 2.11. The van der Waals surface area contributed by atoms with E-state index >= 15 is 0 Å². The van der Waals surface area contributed by atoms with Crippen molar-refractivity contribution in [3.05, 3.63) is 53.9 Å². The fraction of sp³-hybridized carbons (Fsp3) is 0.267. The van der Waals surface area contributed by atoms with Crippen molar-refractivity contribution < 1.29 is 0 Å². The van der Waals surface area contributed by atoms with Gasteiger partial charge in [-0.2, -0.15) is 0 Å². The Morgan fingerprint density at radius 3 is 2.90 bits per heavy atom. The maximum atomic E-state index is 5.89. The van der Waals surface area contributed by atoms with Gasteiger partial charge in [-0.15, -0.1) is 11.6 Å². The molecule has 0 saturated carbocycles. The third-order valence-corrected chi connectivity index (χ3v) is 3.45. The van der Waals surface area contributed by atoms with E-state index in [9.17, 15) is 0 Å². The molecule has 20 heavy (non-hydrogen) atoms. The Bertz CT molecular complexity index is 721. The summed E-state index contributed by atoms with van der Waals surface area (Å²) < 4.78 is 2.19. The second-order valence-corrected chi connectivity index (χ2v) is 5.12. The molecule has 3 rings (SSSR count). The monoisotopic (exact) mass is 286 g/mol. The van der Waals surface area contributed by atoms with E-state index < -0.39 is 0 Å². The van der Waals surface area contributed by atoms with E-state index in [0.717, 1.165) is 29.0 Å². The SMILES string of the molecule is Cc1ccc2nc(CCCl)n(Cc3ccncn3)c2c1. The minimum absolute atomic E-state index is 0.562. The van der Waals surface area contributed by atoms with Crippen LogP contribution >= 0.6 is 11.6 Å². The molecular weight excluding hydrogens is 272 g/mol. The zero-order chi connectivity index (χ0) is 13.9. The van der Waals surface area contributed by atoms with Gasteiger partial charge in [-0.25, -0.2) is 15.0 Å². The number of rotatable bonds is 4. The molecule has 0 fully saturated rings. The van der Waals surface area contributed by atoms with Crippen LogP contribution in [0, 0.1) is 6.92 Å². The van der Waals surface area contributed by atoms with Crippen LogP contribution in [0.3, 0.4) is 0 Å². The maximum absolute atomic E-state index is 5.89. The van der Waals surface area contributed by atoms with Crippen LogP contribution in [0.5, 0.6) is 0 Å². The molecular formula is C15H15ClN4. The van der Waals surface area contributed by atoms with Crippen molar-refractivity contribution in [1.82, 2.24) is 19.5 Å². The number of hydrogen-bond acceptors (Lipinski definition) is 3. The van der Waals surface area contributed by atoms with E-state index in [1.165, 1.54) is 5.56 Å². The van der Waals surface area contributed by atoms with Crippen LogP contribution in [-0.4, -0.2) is 25.4 Å². The van der Waals surface area contributed by atoms with E-state index in [2.05, 4.69) is 44.6 Å². The van der Waals surface area contributed by atoms with Gasteiger partial charge in [-0.3, -0.25) is 0 Å². The first-order valence-corrected chi connectivity index (χ1v) is 7.08. The second-order valence-electron chi connectivity index (χ2n) is 4.75. The highest BCUT2D eigenvalue weighted by atomic mass is 35.5. The molecule has 0 N–H and O–H groups in total. The van der Waals surface area contributed by atoms with Gasteiger partial charge in [-0.05, 0) is 30.7 Å². The molecule has 2 aromatic heterocycles. The number of fused-ring (bicyclic) bond motifs is 1. The highest BCUT2D eigenvalue weighted by molar-refractivity contribution is 6.17. The lowest BCUT2D eigenvalue weighted by Gasteiger charge is -2.08. The van der Waals surface area contributed by atoms with Gasteiger partial charge in [-0.1, -0.05) is 6.07 Å². The minimum atomic E-state index is 0.562. The quantitative estimate of drug-likeness (QED) is 0.693. The molecule has 0 spiro atoms. The van der Waals surface area contributed by atoms with Gasteiger partial charge in [0.15, 0.2) is 0 Å². The molecule has 3 aromatic rings. The van der Waals surface area contributed by atoms with Gasteiger partial charge in [0.2, 0.25) is 0 Å². The summed E-state index contributed by atoms with van der Waals surface area (Å²) in [5.74, 6) is 1.56. The molecule has 0 aliphatic rings. The van der Waals surface area contributed by atoms with Crippen molar-refractivity contribution in [3.8, 4) is 0 Å². The third kappa shape index (κ3) is 2.51. The zero-order valence-electron chi connectivity index (χ0n) is 11.3. The Kier molecular flexibility index (Phi) is 3.65. The normalized spacial score (nSPS) is 11.1. The fourth-order valence-corrected chi connectivity index (χ4v) is 2.48. The van der Waals surface area contributed by atoms with E-state index in [1.54, 1.807) is 12.5 Å². The second kappa shape index (κ2) is 5.59. The summed E-state index contributed by atoms with van der Waals surface area (Å²) in [5.41, 5.74) is 4.32. The summed E-state index contributed by atoms with van der Waals surface area (Å²) in [5, 5.41) is 0. The minimum Gasteiger partial charge on any atom is -0.322 e. The lowest BCUT2D eigenvalue weighted by atomic mass is 10.2. The summed E-state index contributed by atoms with van der Waals surface area (Å²) in [6.45, 7) is 2.78. The summed E-state index contributed by atoms with van der Waals surface area (Å²) in [6, 6.07) is 8.21. The molecule has 0 saturated heterocycles. The van der Waals surface area contributed by atoms with E-state index in [1.807, 2.05) is 6.07 Å². The van der Waals surface area contributed by atoms with Gasteiger partial charge in [0.05, 0.1) is 23.3 Å². The molecule has 102 valence electrons. The number of alkyl halides is 1. The third-order valence-electron chi connectivity index (χ3n) is 3.26. The van der Waals surface area contributed by atoms with Crippen molar-refractivity contribution in [3.63, 3.8) is 0 Å². The van der Waals surface area contributed by atoms with Gasteiger partial charge < -0.3 is 4.57 Å². The lowest BCUT2D eigenvalue weighted by molar-refractivity contribution is 0.734. The van der Waals surface area contributed by atoms with Gasteiger partial charge in [0.1, 0.15) is 12.2 Å². The molecule has 0 radical (unpaired) electrons. The van der Waals surface area contributed by atoms with E-state index in [4.69, 9.17) is 11.6 Å². The Hall–Kier alpha value is -1.94. The number of nitrogens with zero attached hydrogens (tertiary/aromatic N) is 4. The molecule has 2 heterocycles. The van der Waals surface area contributed by atoms with Gasteiger partial charge in [0, 0.05) is 18.5 Å². The number of imidazole rings is 1. The lowest BCUT2D eigenvalue weighted by Crippen LogP contribution is -2.07.